The largest absolute Gasteiger partial charge is 0.463 e. The predicted molar refractivity (Wildman–Crippen MR) is 122 cm³/mol. The van der Waals surface area contributed by atoms with Gasteiger partial charge in [-0.15, -0.1) is 0 Å². The van der Waals surface area contributed by atoms with Crippen LogP contribution in [0, 0.1) is 0 Å². The van der Waals surface area contributed by atoms with Crippen molar-refractivity contribution < 1.29 is 38.1 Å². The number of rotatable bonds is 19. The lowest BCUT2D eigenvalue weighted by atomic mass is 10.1. The van der Waals surface area contributed by atoms with Gasteiger partial charge >= 0.3 is 11.9 Å². The van der Waals surface area contributed by atoms with Gasteiger partial charge in [0.1, 0.15) is 37.1 Å². The SMILES string of the molecule is CCCCOCC(CCCC)OC(=O)CC(C)=O.CCCCOCCOC(=O)CC(C)=O. The van der Waals surface area contributed by atoms with Gasteiger partial charge in [-0.3, -0.25) is 19.2 Å². The van der Waals surface area contributed by atoms with Crippen LogP contribution in [0.1, 0.15) is 92.4 Å². The summed E-state index contributed by atoms with van der Waals surface area (Å²) in [7, 11) is 0. The fourth-order valence-corrected chi connectivity index (χ4v) is 2.32. The molecule has 0 saturated heterocycles. The van der Waals surface area contributed by atoms with Crippen molar-refractivity contribution in [2.24, 2.45) is 0 Å². The summed E-state index contributed by atoms with van der Waals surface area (Å²) in [5, 5.41) is 0. The van der Waals surface area contributed by atoms with Crippen molar-refractivity contribution in [3.8, 4) is 0 Å². The van der Waals surface area contributed by atoms with Crippen LogP contribution in [-0.2, 0) is 38.1 Å². The molecule has 0 aromatic heterocycles. The first-order chi connectivity index (χ1) is 15.3. The van der Waals surface area contributed by atoms with E-state index in [0.717, 1.165) is 44.9 Å². The molecule has 0 fully saturated rings. The van der Waals surface area contributed by atoms with E-state index < -0.39 is 11.9 Å². The zero-order valence-electron chi connectivity index (χ0n) is 20.7. The minimum absolute atomic E-state index is 0.141. The number of Topliss-reactive ketones (excluding diaryl/α,β-unsaturated/α-hetero) is 2. The van der Waals surface area contributed by atoms with Crippen LogP contribution in [0.25, 0.3) is 0 Å². The fraction of sp³-hybridized carbons (Fsp3) is 0.833. The fourth-order valence-electron chi connectivity index (χ4n) is 2.32. The zero-order chi connectivity index (χ0) is 24.6. The number of ketones is 2. The summed E-state index contributed by atoms with van der Waals surface area (Å²) < 4.78 is 20.7. The van der Waals surface area contributed by atoms with Gasteiger partial charge in [-0.2, -0.15) is 0 Å². The summed E-state index contributed by atoms with van der Waals surface area (Å²) in [5.74, 6) is -1.26. The molecule has 0 rings (SSSR count). The third kappa shape index (κ3) is 26.2. The number of hydrogen-bond acceptors (Lipinski definition) is 8. The highest BCUT2D eigenvalue weighted by atomic mass is 16.6. The summed E-state index contributed by atoms with van der Waals surface area (Å²) in [4.78, 5) is 43.6. The summed E-state index contributed by atoms with van der Waals surface area (Å²) in [6.45, 7) is 11.5. The Hall–Kier alpha value is -1.80. The lowest BCUT2D eigenvalue weighted by Gasteiger charge is -2.17. The number of carbonyl (C=O) groups is 4. The van der Waals surface area contributed by atoms with Crippen molar-refractivity contribution in [2.75, 3.05) is 33.0 Å². The van der Waals surface area contributed by atoms with Gasteiger partial charge in [0.2, 0.25) is 0 Å². The normalized spacial score (nSPS) is 11.2. The Morgan fingerprint density at radius 1 is 0.656 bits per heavy atom. The van der Waals surface area contributed by atoms with Gasteiger partial charge in [0.25, 0.3) is 0 Å². The van der Waals surface area contributed by atoms with E-state index in [4.69, 9.17) is 18.9 Å². The van der Waals surface area contributed by atoms with Gasteiger partial charge in [-0.05, 0) is 39.5 Å². The summed E-state index contributed by atoms with van der Waals surface area (Å²) in [5.41, 5.74) is 0. The molecular formula is C24H44O8. The van der Waals surface area contributed by atoms with Crippen LogP contribution in [0.2, 0.25) is 0 Å². The Morgan fingerprint density at radius 3 is 1.72 bits per heavy atom. The molecule has 188 valence electrons. The van der Waals surface area contributed by atoms with E-state index in [0.29, 0.717) is 26.4 Å². The monoisotopic (exact) mass is 460 g/mol. The molecule has 0 aliphatic rings. The van der Waals surface area contributed by atoms with Crippen molar-refractivity contribution in [3.63, 3.8) is 0 Å². The van der Waals surface area contributed by atoms with Gasteiger partial charge in [-0.25, -0.2) is 0 Å². The first kappa shape index (κ1) is 32.4. The average molecular weight is 461 g/mol. The highest BCUT2D eigenvalue weighted by Gasteiger charge is 2.15. The maximum atomic E-state index is 11.4. The number of hydrogen-bond donors (Lipinski definition) is 0. The third-order valence-electron chi connectivity index (χ3n) is 4.04. The molecule has 0 spiro atoms. The predicted octanol–water partition coefficient (Wildman–Crippen LogP) is 4.21. The van der Waals surface area contributed by atoms with Crippen LogP contribution in [-0.4, -0.2) is 62.6 Å². The van der Waals surface area contributed by atoms with Gasteiger partial charge in [0, 0.05) is 13.2 Å². The van der Waals surface area contributed by atoms with Crippen LogP contribution in [0.15, 0.2) is 0 Å². The van der Waals surface area contributed by atoms with E-state index in [2.05, 4.69) is 20.8 Å². The van der Waals surface area contributed by atoms with Crippen LogP contribution >= 0.6 is 0 Å². The van der Waals surface area contributed by atoms with Crippen molar-refractivity contribution in [2.45, 2.75) is 98.5 Å². The van der Waals surface area contributed by atoms with Gasteiger partial charge in [-0.1, -0.05) is 40.0 Å². The highest BCUT2D eigenvalue weighted by molar-refractivity contribution is 5.94. The second kappa shape index (κ2) is 23.9. The van der Waals surface area contributed by atoms with E-state index in [1.165, 1.54) is 13.8 Å². The standard InChI is InChI=1S/C14H26O4.C10H18O4/c1-4-6-8-13(11-17-9-7-5-2)18-14(16)10-12(3)15;1-3-4-5-13-6-7-14-10(12)8-9(2)11/h13H,4-11H2,1-3H3;3-8H2,1-2H3. The number of carbonyl (C=O) groups excluding carboxylic acids is 4. The summed E-state index contributed by atoms with van der Waals surface area (Å²) >= 11 is 0. The van der Waals surface area contributed by atoms with Crippen LogP contribution < -0.4 is 0 Å². The minimum Gasteiger partial charge on any atom is -0.463 e. The smallest absolute Gasteiger partial charge is 0.313 e. The van der Waals surface area contributed by atoms with Crippen LogP contribution in [0.5, 0.6) is 0 Å². The molecule has 0 saturated carbocycles. The molecule has 0 aromatic rings. The lowest BCUT2D eigenvalue weighted by molar-refractivity contribution is -0.154. The maximum Gasteiger partial charge on any atom is 0.313 e. The van der Waals surface area contributed by atoms with Gasteiger partial charge in [0.15, 0.2) is 0 Å². The van der Waals surface area contributed by atoms with Gasteiger partial charge in [0.05, 0.1) is 13.2 Å². The summed E-state index contributed by atoms with van der Waals surface area (Å²) in [6.07, 6.45) is 6.55. The highest BCUT2D eigenvalue weighted by Crippen LogP contribution is 2.08. The Bertz CT molecular complexity index is 504. The quantitative estimate of drug-likeness (QED) is 0.160. The van der Waals surface area contributed by atoms with E-state index in [-0.39, 0.29) is 37.1 Å². The van der Waals surface area contributed by atoms with Gasteiger partial charge < -0.3 is 18.9 Å². The maximum absolute atomic E-state index is 11.4. The third-order valence-corrected chi connectivity index (χ3v) is 4.04. The zero-order valence-corrected chi connectivity index (χ0v) is 20.7. The number of ether oxygens (including phenoxy) is 4. The molecule has 1 atom stereocenters. The van der Waals surface area contributed by atoms with E-state index in [9.17, 15) is 19.2 Å². The molecule has 0 aromatic carbocycles. The molecule has 8 nitrogen and oxygen atoms in total. The number of unbranched alkanes of at least 4 members (excludes halogenated alkanes) is 3. The molecule has 0 bridgehead atoms. The average Bonchev–Trinajstić information content (AvgIpc) is 2.71. The molecule has 1 unspecified atom stereocenters. The molecule has 0 amide bonds. The molecule has 0 aliphatic carbocycles. The van der Waals surface area contributed by atoms with Crippen molar-refractivity contribution in [1.82, 2.24) is 0 Å². The number of esters is 2. The van der Waals surface area contributed by atoms with Crippen molar-refractivity contribution in [3.05, 3.63) is 0 Å². The van der Waals surface area contributed by atoms with Crippen LogP contribution in [0.3, 0.4) is 0 Å². The molecule has 32 heavy (non-hydrogen) atoms. The molecule has 0 aliphatic heterocycles. The van der Waals surface area contributed by atoms with E-state index >= 15 is 0 Å². The molecular weight excluding hydrogens is 416 g/mol. The minimum atomic E-state index is -0.475. The molecule has 8 heteroatoms. The topological polar surface area (TPSA) is 105 Å². The van der Waals surface area contributed by atoms with Crippen molar-refractivity contribution in [1.29, 1.82) is 0 Å². The Labute approximate surface area is 193 Å². The second-order valence-electron chi connectivity index (χ2n) is 7.63. The second-order valence-corrected chi connectivity index (χ2v) is 7.63. The van der Waals surface area contributed by atoms with E-state index in [1.807, 2.05) is 0 Å². The first-order valence-corrected chi connectivity index (χ1v) is 11.8. The van der Waals surface area contributed by atoms with E-state index in [1.54, 1.807) is 0 Å². The molecule has 0 radical (unpaired) electrons. The van der Waals surface area contributed by atoms with Crippen LogP contribution in [0.4, 0.5) is 0 Å². The Morgan fingerprint density at radius 2 is 1.19 bits per heavy atom. The first-order valence-electron chi connectivity index (χ1n) is 11.8. The Kier molecular flexibility index (Phi) is 24.1. The molecule has 0 N–H and O–H groups in total. The lowest BCUT2D eigenvalue weighted by Crippen LogP contribution is -2.25. The van der Waals surface area contributed by atoms with Crippen molar-refractivity contribution >= 4 is 23.5 Å². The summed E-state index contributed by atoms with van der Waals surface area (Å²) in [6, 6.07) is 0. The molecule has 0 heterocycles. The Balaban J connectivity index is 0.